The Bertz CT molecular complexity index is 387. The van der Waals surface area contributed by atoms with Gasteiger partial charge < -0.3 is 15.2 Å². The molecule has 1 heterocycles. The first kappa shape index (κ1) is 9.02. The Balaban J connectivity index is 2.50. The minimum atomic E-state index is -0.157. The first-order valence-corrected chi connectivity index (χ1v) is 4.38. The molecule has 0 unspecified atom stereocenters. The predicted octanol–water partition coefficient (Wildman–Crippen LogP) is 0.818. The average molecular weight is 193 g/mol. The highest BCUT2D eigenvalue weighted by molar-refractivity contribution is 5.96. The van der Waals surface area contributed by atoms with Crippen LogP contribution in [0.5, 0.6) is 5.75 Å². The second-order valence-electron chi connectivity index (χ2n) is 3.22. The van der Waals surface area contributed by atoms with E-state index in [0.29, 0.717) is 11.4 Å². The van der Waals surface area contributed by atoms with Crippen LogP contribution in [0.2, 0.25) is 0 Å². The lowest BCUT2D eigenvalue weighted by Gasteiger charge is -2.20. The number of hydrogen-bond donors (Lipinski definition) is 2. The molecule has 1 aromatic rings. The lowest BCUT2D eigenvalue weighted by Crippen LogP contribution is -2.26. The number of fused-ring (bicyclic) bond motifs is 1. The van der Waals surface area contributed by atoms with E-state index < -0.39 is 0 Å². The Morgan fingerprint density at radius 3 is 3.07 bits per heavy atom. The zero-order valence-electron chi connectivity index (χ0n) is 7.83. The van der Waals surface area contributed by atoms with E-state index in [0.717, 1.165) is 11.1 Å². The van der Waals surface area contributed by atoms with E-state index in [1.54, 1.807) is 12.1 Å². The third-order valence-corrected chi connectivity index (χ3v) is 2.33. The number of rotatable bonds is 1. The number of carbonyl (C=O) groups excluding carboxylic acids is 1. The summed E-state index contributed by atoms with van der Waals surface area (Å²) in [5.74, 6) is 0.509. The highest BCUT2D eigenvalue weighted by atomic mass is 16.5. The van der Waals surface area contributed by atoms with Crippen LogP contribution in [0.4, 0.5) is 5.69 Å². The van der Waals surface area contributed by atoms with Crippen LogP contribution in [0, 0.1) is 6.92 Å². The van der Waals surface area contributed by atoms with Gasteiger partial charge in [0.2, 0.25) is 0 Å². The third-order valence-electron chi connectivity index (χ3n) is 2.33. The van der Waals surface area contributed by atoms with Crippen LogP contribution in [0.15, 0.2) is 12.1 Å². The van der Waals surface area contributed by atoms with Crippen molar-refractivity contribution in [2.24, 2.45) is 0 Å². The van der Waals surface area contributed by atoms with Gasteiger partial charge >= 0.3 is 0 Å². The number of ether oxygens (including phenoxy) is 1. The van der Waals surface area contributed by atoms with Crippen molar-refractivity contribution in [2.45, 2.75) is 13.5 Å². The van der Waals surface area contributed by atoms with E-state index >= 15 is 0 Å². The molecular weight excluding hydrogens is 182 g/mol. The fourth-order valence-electron chi connectivity index (χ4n) is 1.50. The van der Waals surface area contributed by atoms with Crippen LogP contribution >= 0.6 is 0 Å². The highest BCUT2D eigenvalue weighted by Crippen LogP contribution is 2.32. The highest BCUT2D eigenvalue weighted by Gasteiger charge is 2.18. The summed E-state index contributed by atoms with van der Waals surface area (Å²) >= 11 is 0. The summed E-state index contributed by atoms with van der Waals surface area (Å²) in [6.07, 6.45) is 0. The lowest BCUT2D eigenvalue weighted by atomic mass is 10.1. The van der Waals surface area contributed by atoms with Gasteiger partial charge in [0.1, 0.15) is 5.75 Å². The molecule has 0 saturated carbocycles. The molecule has 74 valence electrons. The second-order valence-corrected chi connectivity index (χ2v) is 3.22. The van der Waals surface area contributed by atoms with Gasteiger partial charge in [0.05, 0.1) is 12.3 Å². The molecule has 0 atom stereocenters. The molecule has 14 heavy (non-hydrogen) atoms. The summed E-state index contributed by atoms with van der Waals surface area (Å²) in [6.45, 7) is 1.87. The zero-order chi connectivity index (χ0) is 10.1. The quantitative estimate of drug-likeness (QED) is 0.694. The molecular formula is C10H11NO3. The normalized spacial score (nSPS) is 14.3. The molecule has 0 fully saturated rings. The van der Waals surface area contributed by atoms with Gasteiger partial charge in [-0.15, -0.1) is 0 Å². The monoisotopic (exact) mass is 193 g/mol. The van der Waals surface area contributed by atoms with Crippen molar-refractivity contribution in [1.29, 1.82) is 0 Å². The minimum Gasteiger partial charge on any atom is -0.482 e. The van der Waals surface area contributed by atoms with Crippen LogP contribution < -0.4 is 10.1 Å². The number of nitrogens with one attached hydrogen (secondary N) is 1. The van der Waals surface area contributed by atoms with Crippen LogP contribution in [-0.4, -0.2) is 17.6 Å². The topological polar surface area (TPSA) is 58.6 Å². The van der Waals surface area contributed by atoms with Gasteiger partial charge in [0, 0.05) is 0 Å². The molecule has 1 aliphatic rings. The number of benzene rings is 1. The molecule has 1 amide bonds. The average Bonchev–Trinajstić information content (AvgIpc) is 2.20. The number of amides is 1. The molecule has 4 heteroatoms. The molecule has 0 aromatic heterocycles. The van der Waals surface area contributed by atoms with E-state index in [9.17, 15) is 4.79 Å². The van der Waals surface area contributed by atoms with Crippen molar-refractivity contribution in [3.05, 3.63) is 23.3 Å². The number of hydrogen-bond acceptors (Lipinski definition) is 3. The van der Waals surface area contributed by atoms with Crippen molar-refractivity contribution in [1.82, 2.24) is 0 Å². The third kappa shape index (κ3) is 1.33. The summed E-state index contributed by atoms with van der Waals surface area (Å²) < 4.78 is 5.22. The maximum atomic E-state index is 11.1. The summed E-state index contributed by atoms with van der Waals surface area (Å²) in [5.41, 5.74) is 2.33. The van der Waals surface area contributed by atoms with Crippen molar-refractivity contribution < 1.29 is 14.6 Å². The van der Waals surface area contributed by atoms with Crippen LogP contribution in [-0.2, 0) is 11.4 Å². The minimum absolute atomic E-state index is 0.0328. The van der Waals surface area contributed by atoms with Crippen molar-refractivity contribution in [3.8, 4) is 5.75 Å². The van der Waals surface area contributed by atoms with Gasteiger partial charge in [-0.3, -0.25) is 4.79 Å². The van der Waals surface area contributed by atoms with E-state index in [4.69, 9.17) is 9.84 Å². The van der Waals surface area contributed by atoms with Gasteiger partial charge in [0.15, 0.2) is 6.61 Å². The van der Waals surface area contributed by atoms with E-state index in [-0.39, 0.29) is 19.1 Å². The lowest BCUT2D eigenvalue weighted by molar-refractivity contribution is -0.118. The summed E-state index contributed by atoms with van der Waals surface area (Å²) in [7, 11) is 0. The summed E-state index contributed by atoms with van der Waals surface area (Å²) in [5, 5.41) is 11.8. The predicted molar refractivity (Wildman–Crippen MR) is 51.2 cm³/mol. The molecule has 4 nitrogen and oxygen atoms in total. The Hall–Kier alpha value is -1.55. The van der Waals surface area contributed by atoms with Crippen molar-refractivity contribution in [2.75, 3.05) is 11.9 Å². The Morgan fingerprint density at radius 1 is 1.57 bits per heavy atom. The molecule has 1 aromatic carbocycles. The largest absolute Gasteiger partial charge is 0.482 e. The first-order chi connectivity index (χ1) is 6.72. The maximum Gasteiger partial charge on any atom is 0.262 e. The van der Waals surface area contributed by atoms with E-state index in [2.05, 4.69) is 5.32 Å². The van der Waals surface area contributed by atoms with E-state index in [1.165, 1.54) is 0 Å². The van der Waals surface area contributed by atoms with Crippen molar-refractivity contribution in [3.63, 3.8) is 0 Å². The van der Waals surface area contributed by atoms with Crippen LogP contribution in [0.3, 0.4) is 0 Å². The SMILES string of the molecule is Cc1c(CO)ccc2c1NC(=O)CO2. The number of carbonyl (C=O) groups is 1. The van der Waals surface area contributed by atoms with Gasteiger partial charge in [-0.25, -0.2) is 0 Å². The van der Waals surface area contributed by atoms with Gasteiger partial charge in [0.25, 0.3) is 5.91 Å². The Morgan fingerprint density at radius 2 is 2.36 bits per heavy atom. The molecule has 2 rings (SSSR count). The number of aliphatic hydroxyl groups is 1. The molecule has 0 aliphatic carbocycles. The zero-order valence-corrected chi connectivity index (χ0v) is 7.83. The fraction of sp³-hybridized carbons (Fsp3) is 0.300. The smallest absolute Gasteiger partial charge is 0.262 e. The van der Waals surface area contributed by atoms with Gasteiger partial charge in [-0.2, -0.15) is 0 Å². The second kappa shape index (κ2) is 3.31. The Labute approximate surface area is 81.5 Å². The van der Waals surface area contributed by atoms with Gasteiger partial charge in [-0.1, -0.05) is 6.07 Å². The molecule has 0 radical (unpaired) electrons. The molecule has 1 aliphatic heterocycles. The maximum absolute atomic E-state index is 11.1. The molecule has 2 N–H and O–H groups in total. The van der Waals surface area contributed by atoms with E-state index in [1.807, 2.05) is 6.92 Å². The van der Waals surface area contributed by atoms with Crippen LogP contribution in [0.1, 0.15) is 11.1 Å². The summed E-state index contributed by atoms with van der Waals surface area (Å²) in [6, 6.07) is 3.55. The van der Waals surface area contributed by atoms with Crippen molar-refractivity contribution >= 4 is 11.6 Å². The standard InChI is InChI=1S/C10H11NO3/c1-6-7(4-12)2-3-8-10(6)11-9(13)5-14-8/h2-3,12H,4-5H2,1H3,(H,11,13). The molecule has 0 spiro atoms. The number of anilines is 1. The fourth-order valence-corrected chi connectivity index (χ4v) is 1.50. The van der Waals surface area contributed by atoms with Crippen LogP contribution in [0.25, 0.3) is 0 Å². The first-order valence-electron chi connectivity index (χ1n) is 4.38. The molecule has 0 saturated heterocycles. The van der Waals surface area contributed by atoms with Gasteiger partial charge in [-0.05, 0) is 24.1 Å². The summed E-state index contributed by atoms with van der Waals surface area (Å²) in [4.78, 5) is 11.1. The molecule has 0 bridgehead atoms. The number of aliphatic hydroxyl groups excluding tert-OH is 1. The Kier molecular flexibility index (Phi) is 2.13.